The number of carbonyl (C=O) groups excluding carboxylic acids is 2. The van der Waals surface area contributed by atoms with Crippen LogP contribution in [-0.2, 0) is 0 Å². The van der Waals surface area contributed by atoms with Crippen molar-refractivity contribution in [1.29, 1.82) is 0 Å². The largest absolute Gasteiger partial charge is 0.459 e. The molecular weight excluding hydrogens is 356 g/mol. The number of thiazole rings is 1. The van der Waals surface area contributed by atoms with Crippen molar-refractivity contribution < 1.29 is 23.5 Å². The highest BCUT2D eigenvalue weighted by Gasteiger charge is 2.22. The van der Waals surface area contributed by atoms with E-state index in [1.165, 1.54) is 18.3 Å². The molecule has 0 fully saturated rings. The number of Topliss-reactive ketones (excluding diaryl/α,β-unsaturated/α-hetero) is 1. The Kier molecular flexibility index (Phi) is 3.96. The van der Waals surface area contributed by atoms with Crippen LogP contribution in [-0.4, -0.2) is 23.5 Å². The van der Waals surface area contributed by atoms with Gasteiger partial charge in [-0.05, 0) is 32.0 Å². The summed E-state index contributed by atoms with van der Waals surface area (Å²) < 4.78 is 16.1. The molecule has 1 amide bonds. The van der Waals surface area contributed by atoms with E-state index in [1.54, 1.807) is 17.5 Å². The van der Waals surface area contributed by atoms with Crippen LogP contribution in [0, 0.1) is 6.92 Å². The standard InChI is InChI=1S/C18H14N2O5S/c1-9-3-4-14(25-9)18-20-13(7-26-18)17(22)19-12-6-16-15(23-8-24-16)5-11(12)10(2)21/h3-7H,8H2,1-2H3,(H,19,22). The van der Waals surface area contributed by atoms with Crippen molar-refractivity contribution in [2.45, 2.75) is 13.8 Å². The van der Waals surface area contributed by atoms with Gasteiger partial charge < -0.3 is 19.2 Å². The molecule has 26 heavy (non-hydrogen) atoms. The number of carbonyl (C=O) groups is 2. The van der Waals surface area contributed by atoms with Gasteiger partial charge in [-0.15, -0.1) is 11.3 Å². The van der Waals surface area contributed by atoms with Crippen LogP contribution in [0.1, 0.15) is 33.5 Å². The zero-order chi connectivity index (χ0) is 18.3. The lowest BCUT2D eigenvalue weighted by Crippen LogP contribution is -2.14. The van der Waals surface area contributed by atoms with Crippen molar-refractivity contribution in [1.82, 2.24) is 4.98 Å². The zero-order valence-electron chi connectivity index (χ0n) is 14.0. The Morgan fingerprint density at radius 2 is 1.96 bits per heavy atom. The molecule has 132 valence electrons. The molecule has 0 saturated heterocycles. The number of nitrogens with zero attached hydrogens (tertiary/aromatic N) is 1. The minimum atomic E-state index is -0.419. The Labute approximate surface area is 152 Å². The van der Waals surface area contributed by atoms with Crippen LogP contribution < -0.4 is 14.8 Å². The maximum Gasteiger partial charge on any atom is 0.275 e. The molecule has 3 aromatic rings. The smallest absolute Gasteiger partial charge is 0.275 e. The summed E-state index contributed by atoms with van der Waals surface area (Å²) in [4.78, 5) is 28.8. The topological polar surface area (TPSA) is 90.7 Å². The maximum atomic E-state index is 12.6. The molecule has 3 heterocycles. The van der Waals surface area contributed by atoms with E-state index in [0.29, 0.717) is 33.5 Å². The first kappa shape index (κ1) is 16.3. The van der Waals surface area contributed by atoms with Crippen molar-refractivity contribution in [3.05, 3.63) is 46.7 Å². The summed E-state index contributed by atoms with van der Waals surface area (Å²) in [6.45, 7) is 3.35. The number of benzene rings is 1. The van der Waals surface area contributed by atoms with Gasteiger partial charge in [-0.2, -0.15) is 0 Å². The first-order chi connectivity index (χ1) is 12.5. The fraction of sp³-hybridized carbons (Fsp3) is 0.167. The molecule has 1 aliphatic heterocycles. The summed E-state index contributed by atoms with van der Waals surface area (Å²) in [5.74, 6) is 1.74. The summed E-state index contributed by atoms with van der Waals surface area (Å²) in [7, 11) is 0. The van der Waals surface area contributed by atoms with Gasteiger partial charge in [0.15, 0.2) is 28.1 Å². The lowest BCUT2D eigenvalue weighted by molar-refractivity contribution is 0.101. The number of nitrogens with one attached hydrogen (secondary N) is 1. The Morgan fingerprint density at radius 3 is 2.65 bits per heavy atom. The Hall–Kier alpha value is -3.13. The Balaban J connectivity index is 1.61. The molecule has 0 aliphatic carbocycles. The number of aryl methyl sites for hydroxylation is 1. The van der Waals surface area contributed by atoms with E-state index in [1.807, 2.05) is 19.1 Å². The summed E-state index contributed by atoms with van der Waals surface area (Å²) in [6.07, 6.45) is 0. The van der Waals surface area contributed by atoms with E-state index in [-0.39, 0.29) is 18.3 Å². The fourth-order valence-corrected chi connectivity index (χ4v) is 3.32. The molecule has 8 heteroatoms. The molecule has 0 radical (unpaired) electrons. The van der Waals surface area contributed by atoms with Gasteiger partial charge in [-0.25, -0.2) is 4.98 Å². The first-order valence-corrected chi connectivity index (χ1v) is 8.67. The molecule has 0 unspecified atom stereocenters. The number of ether oxygens (including phenoxy) is 2. The first-order valence-electron chi connectivity index (χ1n) is 7.79. The summed E-state index contributed by atoms with van der Waals surface area (Å²) in [5.41, 5.74) is 0.945. The van der Waals surface area contributed by atoms with Crippen molar-refractivity contribution >= 4 is 28.7 Å². The van der Waals surface area contributed by atoms with Gasteiger partial charge in [-0.3, -0.25) is 9.59 Å². The van der Waals surface area contributed by atoms with Crippen LogP contribution in [0.3, 0.4) is 0 Å². The highest BCUT2D eigenvalue weighted by atomic mass is 32.1. The van der Waals surface area contributed by atoms with Crippen molar-refractivity contribution in [3.63, 3.8) is 0 Å². The van der Waals surface area contributed by atoms with Gasteiger partial charge in [0.05, 0.1) is 5.69 Å². The number of anilines is 1. The SMILES string of the molecule is CC(=O)c1cc2c(cc1NC(=O)c1csc(-c3ccc(C)o3)n1)OCO2. The van der Waals surface area contributed by atoms with Crippen LogP contribution in [0.25, 0.3) is 10.8 Å². The van der Waals surface area contributed by atoms with E-state index in [0.717, 1.165) is 5.76 Å². The quantitative estimate of drug-likeness (QED) is 0.701. The minimum Gasteiger partial charge on any atom is -0.459 e. The van der Waals surface area contributed by atoms with Gasteiger partial charge >= 0.3 is 0 Å². The highest BCUT2D eigenvalue weighted by molar-refractivity contribution is 7.13. The number of furan rings is 1. The van der Waals surface area contributed by atoms with E-state index in [2.05, 4.69) is 10.3 Å². The second kappa shape index (κ2) is 6.30. The number of fused-ring (bicyclic) bond motifs is 1. The van der Waals surface area contributed by atoms with Crippen molar-refractivity contribution in [2.24, 2.45) is 0 Å². The van der Waals surface area contributed by atoms with Crippen LogP contribution in [0.15, 0.2) is 34.1 Å². The van der Waals surface area contributed by atoms with Gasteiger partial charge in [0.1, 0.15) is 11.5 Å². The van der Waals surface area contributed by atoms with Gasteiger partial charge in [-0.1, -0.05) is 0 Å². The molecule has 0 spiro atoms. The van der Waals surface area contributed by atoms with Gasteiger partial charge in [0.2, 0.25) is 6.79 Å². The van der Waals surface area contributed by atoms with E-state index in [9.17, 15) is 9.59 Å². The lowest BCUT2D eigenvalue weighted by atomic mass is 10.1. The molecule has 0 bridgehead atoms. The molecule has 1 aromatic carbocycles. The Bertz CT molecular complexity index is 1020. The van der Waals surface area contributed by atoms with Gasteiger partial charge in [0.25, 0.3) is 5.91 Å². The average molecular weight is 370 g/mol. The second-order valence-corrected chi connectivity index (χ2v) is 6.57. The lowest BCUT2D eigenvalue weighted by Gasteiger charge is -2.09. The minimum absolute atomic E-state index is 0.0854. The summed E-state index contributed by atoms with van der Waals surface area (Å²) >= 11 is 1.31. The van der Waals surface area contributed by atoms with Crippen molar-refractivity contribution in [2.75, 3.05) is 12.1 Å². The van der Waals surface area contributed by atoms with E-state index in [4.69, 9.17) is 13.9 Å². The molecule has 1 N–H and O–H groups in total. The van der Waals surface area contributed by atoms with Crippen LogP contribution >= 0.6 is 11.3 Å². The summed E-state index contributed by atoms with van der Waals surface area (Å²) in [5, 5.41) is 4.98. The number of aromatic nitrogens is 1. The number of hydrogen-bond acceptors (Lipinski definition) is 7. The van der Waals surface area contributed by atoms with Crippen LogP contribution in [0.2, 0.25) is 0 Å². The molecule has 4 rings (SSSR count). The third kappa shape index (κ3) is 2.95. The second-order valence-electron chi connectivity index (χ2n) is 5.71. The van der Waals surface area contributed by atoms with Crippen molar-refractivity contribution in [3.8, 4) is 22.3 Å². The predicted molar refractivity (Wildman–Crippen MR) is 95.1 cm³/mol. The van der Waals surface area contributed by atoms with E-state index >= 15 is 0 Å². The van der Waals surface area contributed by atoms with Crippen LogP contribution in [0.4, 0.5) is 5.69 Å². The molecule has 7 nitrogen and oxygen atoms in total. The number of amides is 1. The summed E-state index contributed by atoms with van der Waals surface area (Å²) in [6, 6.07) is 6.79. The van der Waals surface area contributed by atoms with Gasteiger partial charge in [0, 0.05) is 17.0 Å². The van der Waals surface area contributed by atoms with Crippen LogP contribution in [0.5, 0.6) is 11.5 Å². The molecule has 0 atom stereocenters. The zero-order valence-corrected chi connectivity index (χ0v) is 14.8. The Morgan fingerprint density at radius 1 is 1.19 bits per heavy atom. The third-order valence-corrected chi connectivity index (χ3v) is 4.69. The maximum absolute atomic E-state index is 12.6. The molecule has 1 aliphatic rings. The molecule has 0 saturated carbocycles. The highest BCUT2D eigenvalue weighted by Crippen LogP contribution is 2.37. The molecular formula is C18H14N2O5S. The monoisotopic (exact) mass is 370 g/mol. The number of rotatable bonds is 4. The normalized spacial score (nSPS) is 12.2. The molecule has 2 aromatic heterocycles. The fourth-order valence-electron chi connectivity index (χ4n) is 2.56. The van der Waals surface area contributed by atoms with E-state index < -0.39 is 5.91 Å². The predicted octanol–water partition coefficient (Wildman–Crippen LogP) is 3.90. The average Bonchev–Trinajstić information content (AvgIpc) is 3.33. The number of hydrogen-bond donors (Lipinski definition) is 1. The number of ketones is 1. The third-order valence-electron chi connectivity index (χ3n) is 3.83.